The first-order chi connectivity index (χ1) is 10.7. The van der Waals surface area contributed by atoms with Crippen LogP contribution in [0.15, 0.2) is 34.9 Å². The van der Waals surface area contributed by atoms with Gasteiger partial charge in [-0.2, -0.15) is 5.10 Å². The highest BCUT2D eigenvalue weighted by Crippen LogP contribution is 2.21. The van der Waals surface area contributed by atoms with Gasteiger partial charge in [-0.05, 0) is 12.1 Å². The number of hydrazone groups is 1. The molecule has 2 aromatic rings. The van der Waals surface area contributed by atoms with Crippen molar-refractivity contribution in [2.45, 2.75) is 19.4 Å². The zero-order valence-electron chi connectivity index (χ0n) is 11.6. The lowest BCUT2D eigenvalue weighted by atomic mass is 10.1. The van der Waals surface area contributed by atoms with E-state index < -0.39 is 0 Å². The maximum atomic E-state index is 11.9. The van der Waals surface area contributed by atoms with E-state index in [4.69, 9.17) is 0 Å². The van der Waals surface area contributed by atoms with Gasteiger partial charge in [0, 0.05) is 24.4 Å². The summed E-state index contributed by atoms with van der Waals surface area (Å²) in [6.45, 7) is 0.315. The van der Waals surface area contributed by atoms with Crippen molar-refractivity contribution in [3.63, 3.8) is 0 Å². The van der Waals surface area contributed by atoms with E-state index >= 15 is 0 Å². The standard InChI is InChI=1S/C14H13N5O2S/c20-12-5-4-10(18-19-12)13(21)16-7-9-8-22-14(17-9)11-3-1-2-6-15-11/h1-3,6,8H,4-5,7H2,(H,16,21)(H,19,20). The SMILES string of the molecule is O=C1CCC(C(=O)NCc2csc(-c3ccccn3)n2)=NN1. The summed E-state index contributed by atoms with van der Waals surface area (Å²) >= 11 is 1.48. The summed E-state index contributed by atoms with van der Waals surface area (Å²) in [5, 5.41) is 9.20. The highest BCUT2D eigenvalue weighted by Gasteiger charge is 2.18. The Balaban J connectivity index is 1.59. The fraction of sp³-hybridized carbons (Fsp3) is 0.214. The summed E-state index contributed by atoms with van der Waals surface area (Å²) in [5.41, 5.74) is 4.21. The number of hydrogen-bond acceptors (Lipinski definition) is 6. The number of amides is 2. The molecule has 1 aliphatic heterocycles. The molecule has 0 saturated heterocycles. The average Bonchev–Trinajstić information content (AvgIpc) is 3.03. The number of carbonyl (C=O) groups excluding carboxylic acids is 2. The van der Waals surface area contributed by atoms with Gasteiger partial charge in [-0.3, -0.25) is 14.6 Å². The van der Waals surface area contributed by atoms with E-state index in [0.29, 0.717) is 18.7 Å². The molecule has 1 aliphatic rings. The molecule has 0 saturated carbocycles. The monoisotopic (exact) mass is 315 g/mol. The first kappa shape index (κ1) is 14.3. The van der Waals surface area contributed by atoms with Crippen LogP contribution in [-0.2, 0) is 16.1 Å². The molecule has 3 rings (SSSR count). The van der Waals surface area contributed by atoms with Crippen LogP contribution in [-0.4, -0.2) is 27.5 Å². The summed E-state index contributed by atoms with van der Waals surface area (Å²) in [6.07, 6.45) is 2.36. The van der Waals surface area contributed by atoms with Crippen LogP contribution < -0.4 is 10.7 Å². The molecule has 0 aromatic carbocycles. The van der Waals surface area contributed by atoms with E-state index in [2.05, 4.69) is 25.8 Å². The number of hydrogen-bond donors (Lipinski definition) is 2. The van der Waals surface area contributed by atoms with Crippen molar-refractivity contribution in [3.8, 4) is 10.7 Å². The Morgan fingerprint density at radius 2 is 2.27 bits per heavy atom. The predicted molar refractivity (Wildman–Crippen MR) is 82.0 cm³/mol. The largest absolute Gasteiger partial charge is 0.345 e. The van der Waals surface area contributed by atoms with Gasteiger partial charge in [-0.25, -0.2) is 10.4 Å². The van der Waals surface area contributed by atoms with Crippen LogP contribution in [0.25, 0.3) is 10.7 Å². The molecule has 22 heavy (non-hydrogen) atoms. The second-order valence-corrected chi connectivity index (χ2v) is 5.49. The maximum absolute atomic E-state index is 11.9. The molecule has 0 spiro atoms. The zero-order chi connectivity index (χ0) is 15.4. The lowest BCUT2D eigenvalue weighted by Gasteiger charge is -2.11. The Bertz CT molecular complexity index is 726. The summed E-state index contributed by atoms with van der Waals surface area (Å²) in [7, 11) is 0. The highest BCUT2D eigenvalue weighted by molar-refractivity contribution is 7.13. The second-order valence-electron chi connectivity index (χ2n) is 4.64. The lowest BCUT2D eigenvalue weighted by Crippen LogP contribution is -2.36. The first-order valence-electron chi connectivity index (χ1n) is 6.72. The summed E-state index contributed by atoms with van der Waals surface area (Å²) in [4.78, 5) is 31.6. The van der Waals surface area contributed by atoms with Gasteiger partial charge in [-0.1, -0.05) is 6.07 Å². The molecule has 7 nitrogen and oxygen atoms in total. The van der Waals surface area contributed by atoms with Gasteiger partial charge in [0.25, 0.3) is 5.91 Å². The molecule has 0 aliphatic carbocycles. The molecule has 0 unspecified atom stereocenters. The topological polar surface area (TPSA) is 96.3 Å². The zero-order valence-corrected chi connectivity index (χ0v) is 12.4. The third-order valence-electron chi connectivity index (χ3n) is 3.03. The third kappa shape index (κ3) is 3.34. The van der Waals surface area contributed by atoms with Gasteiger partial charge in [0.2, 0.25) is 5.91 Å². The van der Waals surface area contributed by atoms with Crippen LogP contribution in [0.2, 0.25) is 0 Å². The fourth-order valence-corrected chi connectivity index (χ4v) is 2.70. The van der Waals surface area contributed by atoms with Crippen molar-refractivity contribution in [1.82, 2.24) is 20.7 Å². The van der Waals surface area contributed by atoms with Crippen LogP contribution in [0.1, 0.15) is 18.5 Å². The van der Waals surface area contributed by atoms with Gasteiger partial charge in [0.1, 0.15) is 10.7 Å². The molecule has 112 valence electrons. The normalized spacial score (nSPS) is 14.2. The Morgan fingerprint density at radius 1 is 1.36 bits per heavy atom. The number of aromatic nitrogens is 2. The van der Waals surface area contributed by atoms with E-state index in [1.54, 1.807) is 6.20 Å². The number of pyridine rings is 1. The molecule has 0 atom stereocenters. The van der Waals surface area contributed by atoms with Crippen molar-refractivity contribution in [1.29, 1.82) is 0 Å². The summed E-state index contributed by atoms with van der Waals surface area (Å²) < 4.78 is 0. The van der Waals surface area contributed by atoms with Gasteiger partial charge in [0.15, 0.2) is 0 Å². The summed E-state index contributed by atoms with van der Waals surface area (Å²) in [6, 6.07) is 5.64. The minimum atomic E-state index is -0.285. The molecular formula is C14H13N5O2S. The quantitative estimate of drug-likeness (QED) is 0.882. The summed E-state index contributed by atoms with van der Waals surface area (Å²) in [5.74, 6) is -0.455. The van der Waals surface area contributed by atoms with Crippen LogP contribution >= 0.6 is 11.3 Å². The number of carbonyl (C=O) groups is 2. The van der Waals surface area contributed by atoms with Crippen molar-refractivity contribution >= 4 is 28.9 Å². The molecule has 2 N–H and O–H groups in total. The number of thiazole rings is 1. The number of nitrogens with one attached hydrogen (secondary N) is 2. The van der Waals surface area contributed by atoms with Gasteiger partial charge in [0.05, 0.1) is 17.9 Å². The van der Waals surface area contributed by atoms with Crippen LogP contribution in [0.4, 0.5) is 0 Å². The fourth-order valence-electron chi connectivity index (χ4n) is 1.91. The Morgan fingerprint density at radius 3 is 3.00 bits per heavy atom. The smallest absolute Gasteiger partial charge is 0.267 e. The Hall–Kier alpha value is -2.61. The van der Waals surface area contributed by atoms with Gasteiger partial charge < -0.3 is 5.32 Å². The van der Waals surface area contributed by atoms with Crippen molar-refractivity contribution in [3.05, 3.63) is 35.5 Å². The van der Waals surface area contributed by atoms with Crippen LogP contribution in [0, 0.1) is 0 Å². The molecule has 2 amide bonds. The van der Waals surface area contributed by atoms with Crippen LogP contribution in [0.5, 0.6) is 0 Å². The van der Waals surface area contributed by atoms with Crippen molar-refractivity contribution in [2.24, 2.45) is 5.10 Å². The van der Waals surface area contributed by atoms with Crippen molar-refractivity contribution in [2.75, 3.05) is 0 Å². The van der Waals surface area contributed by atoms with E-state index in [-0.39, 0.29) is 18.2 Å². The molecule has 0 bridgehead atoms. The van der Waals surface area contributed by atoms with Gasteiger partial charge in [-0.15, -0.1) is 11.3 Å². The van der Waals surface area contributed by atoms with E-state index in [1.165, 1.54) is 11.3 Å². The lowest BCUT2D eigenvalue weighted by molar-refractivity contribution is -0.121. The van der Waals surface area contributed by atoms with E-state index in [9.17, 15) is 9.59 Å². The Kier molecular flexibility index (Phi) is 4.19. The van der Waals surface area contributed by atoms with Gasteiger partial charge >= 0.3 is 0 Å². The average molecular weight is 315 g/mol. The molecule has 3 heterocycles. The van der Waals surface area contributed by atoms with E-state index in [1.807, 2.05) is 23.6 Å². The molecule has 8 heteroatoms. The van der Waals surface area contributed by atoms with Crippen molar-refractivity contribution < 1.29 is 9.59 Å². The minimum Gasteiger partial charge on any atom is -0.345 e. The third-order valence-corrected chi connectivity index (χ3v) is 3.95. The molecular weight excluding hydrogens is 302 g/mol. The molecule has 0 fully saturated rings. The maximum Gasteiger partial charge on any atom is 0.267 e. The highest BCUT2D eigenvalue weighted by atomic mass is 32.1. The second kappa shape index (κ2) is 6.44. The van der Waals surface area contributed by atoms with Crippen LogP contribution in [0.3, 0.4) is 0 Å². The van der Waals surface area contributed by atoms with E-state index in [0.717, 1.165) is 16.4 Å². The first-order valence-corrected chi connectivity index (χ1v) is 7.60. The molecule has 2 aromatic heterocycles. The Labute approximate surface area is 130 Å². The minimum absolute atomic E-state index is 0.170. The number of rotatable bonds is 4. The predicted octanol–water partition coefficient (Wildman–Crippen LogP) is 1.09. The number of nitrogens with zero attached hydrogens (tertiary/aromatic N) is 3. The molecule has 0 radical (unpaired) electrons.